The third-order valence-corrected chi connectivity index (χ3v) is 4.32. The summed E-state index contributed by atoms with van der Waals surface area (Å²) in [6.07, 6.45) is 3.34. The number of hydrogen-bond acceptors (Lipinski definition) is 7. The summed E-state index contributed by atoms with van der Waals surface area (Å²) < 4.78 is 1.40. The lowest BCUT2D eigenvalue weighted by molar-refractivity contribution is -0.122. The molecular formula is C16H24BClN6O3. The van der Waals surface area contributed by atoms with Gasteiger partial charge in [-0.3, -0.25) is 4.79 Å². The van der Waals surface area contributed by atoms with E-state index in [9.17, 15) is 4.79 Å². The standard InChI is InChI=1S/C16H24BClN6O3/c18-13-7-5-12(6-8-13)10-20-15(25)11-24-16(21-22-23-24)14(19)4-2-1-3-9-17(26)27/h5-8,14,26-27H,1-4,9-11,19H2,(H,20,25). The average Bonchev–Trinajstić information content (AvgIpc) is 3.08. The van der Waals surface area contributed by atoms with E-state index in [1.54, 1.807) is 12.1 Å². The number of nitrogens with two attached hydrogens (primary N) is 1. The molecule has 0 saturated heterocycles. The summed E-state index contributed by atoms with van der Waals surface area (Å²) in [4.78, 5) is 12.1. The lowest BCUT2D eigenvalue weighted by Crippen LogP contribution is -2.29. The Morgan fingerprint density at radius 2 is 2.00 bits per heavy atom. The molecule has 1 amide bonds. The quantitative estimate of drug-likeness (QED) is 0.324. The number of aromatic nitrogens is 4. The van der Waals surface area contributed by atoms with E-state index < -0.39 is 7.12 Å². The SMILES string of the molecule is NC(CCCCCB(O)O)c1nnnn1CC(=O)NCc1ccc(Cl)cc1. The Morgan fingerprint density at radius 1 is 1.26 bits per heavy atom. The van der Waals surface area contributed by atoms with Crippen LogP contribution in [0.25, 0.3) is 0 Å². The number of unbranched alkanes of at least 4 members (excludes halogenated alkanes) is 2. The second kappa shape index (κ2) is 11.0. The molecular weight excluding hydrogens is 370 g/mol. The first-order valence-corrected chi connectivity index (χ1v) is 9.22. The lowest BCUT2D eigenvalue weighted by Gasteiger charge is -2.12. The molecule has 146 valence electrons. The van der Waals surface area contributed by atoms with Gasteiger partial charge in [0.15, 0.2) is 5.82 Å². The van der Waals surface area contributed by atoms with Crippen LogP contribution in [-0.2, 0) is 17.9 Å². The topological polar surface area (TPSA) is 139 Å². The number of hydrogen-bond donors (Lipinski definition) is 4. The zero-order chi connectivity index (χ0) is 19.6. The molecule has 0 saturated carbocycles. The second-order valence-corrected chi connectivity index (χ2v) is 6.76. The molecule has 0 fully saturated rings. The number of benzene rings is 1. The predicted molar refractivity (Wildman–Crippen MR) is 102 cm³/mol. The van der Waals surface area contributed by atoms with Crippen LogP contribution in [0.1, 0.15) is 43.1 Å². The zero-order valence-electron chi connectivity index (χ0n) is 15.0. The number of carbonyl (C=O) groups excluding carboxylic acids is 1. The van der Waals surface area contributed by atoms with Gasteiger partial charge in [-0.2, -0.15) is 0 Å². The number of carbonyl (C=O) groups is 1. The molecule has 1 heterocycles. The highest BCUT2D eigenvalue weighted by atomic mass is 35.5. The van der Waals surface area contributed by atoms with Crippen molar-refractivity contribution in [3.05, 3.63) is 40.7 Å². The van der Waals surface area contributed by atoms with Crippen LogP contribution in [0.5, 0.6) is 0 Å². The van der Waals surface area contributed by atoms with Gasteiger partial charge in [-0.25, -0.2) is 4.68 Å². The first kappa shape index (κ1) is 21.3. The lowest BCUT2D eigenvalue weighted by atomic mass is 9.83. The maximum Gasteiger partial charge on any atom is 0.451 e. The van der Waals surface area contributed by atoms with E-state index in [0.717, 1.165) is 18.4 Å². The molecule has 5 N–H and O–H groups in total. The minimum Gasteiger partial charge on any atom is -0.427 e. The van der Waals surface area contributed by atoms with Crippen molar-refractivity contribution in [3.8, 4) is 0 Å². The Bertz CT molecular complexity index is 712. The van der Waals surface area contributed by atoms with Crippen LogP contribution in [-0.4, -0.2) is 43.3 Å². The molecule has 2 aromatic rings. The monoisotopic (exact) mass is 394 g/mol. The van der Waals surface area contributed by atoms with E-state index >= 15 is 0 Å². The van der Waals surface area contributed by atoms with E-state index in [2.05, 4.69) is 20.8 Å². The molecule has 1 aromatic heterocycles. The minimum absolute atomic E-state index is 0.0136. The number of halogens is 1. The van der Waals surface area contributed by atoms with Gasteiger partial charge in [0.1, 0.15) is 6.54 Å². The zero-order valence-corrected chi connectivity index (χ0v) is 15.7. The Morgan fingerprint density at radius 3 is 2.70 bits per heavy atom. The van der Waals surface area contributed by atoms with Crippen LogP contribution in [0.4, 0.5) is 0 Å². The van der Waals surface area contributed by atoms with Gasteiger partial charge in [-0.1, -0.05) is 43.0 Å². The highest BCUT2D eigenvalue weighted by molar-refractivity contribution is 6.40. The smallest absolute Gasteiger partial charge is 0.427 e. The summed E-state index contributed by atoms with van der Waals surface area (Å²) in [5, 5.41) is 32.5. The Hall–Kier alpha value is -2.01. The molecule has 27 heavy (non-hydrogen) atoms. The third-order valence-electron chi connectivity index (χ3n) is 4.07. The van der Waals surface area contributed by atoms with Gasteiger partial charge in [0, 0.05) is 11.6 Å². The van der Waals surface area contributed by atoms with Crippen molar-refractivity contribution in [1.29, 1.82) is 0 Å². The molecule has 0 spiro atoms. The number of nitrogens with one attached hydrogen (secondary N) is 1. The maximum absolute atomic E-state index is 12.1. The van der Waals surface area contributed by atoms with Crippen molar-refractivity contribution in [2.24, 2.45) is 5.73 Å². The van der Waals surface area contributed by atoms with E-state index in [-0.39, 0.29) is 18.5 Å². The van der Waals surface area contributed by atoms with E-state index in [4.69, 9.17) is 27.4 Å². The molecule has 1 unspecified atom stereocenters. The summed E-state index contributed by atoms with van der Waals surface area (Å²) in [6.45, 7) is 0.372. The number of rotatable bonds is 11. The predicted octanol–water partition coefficient (Wildman–Crippen LogP) is 0.676. The fourth-order valence-electron chi connectivity index (χ4n) is 2.58. The van der Waals surface area contributed by atoms with Gasteiger partial charge < -0.3 is 21.1 Å². The number of amides is 1. The van der Waals surface area contributed by atoms with Crippen LogP contribution in [0.2, 0.25) is 11.3 Å². The highest BCUT2D eigenvalue weighted by Gasteiger charge is 2.17. The van der Waals surface area contributed by atoms with E-state index in [1.807, 2.05) is 12.1 Å². The van der Waals surface area contributed by atoms with Gasteiger partial charge in [-0.05, 0) is 40.9 Å². The summed E-state index contributed by atoms with van der Waals surface area (Å²) in [6, 6.07) is 6.84. The fraction of sp³-hybridized carbons (Fsp3) is 0.500. The summed E-state index contributed by atoms with van der Waals surface area (Å²) >= 11 is 5.84. The fourth-order valence-corrected chi connectivity index (χ4v) is 2.71. The molecule has 0 radical (unpaired) electrons. The highest BCUT2D eigenvalue weighted by Crippen LogP contribution is 2.15. The van der Waals surface area contributed by atoms with Gasteiger partial charge >= 0.3 is 7.12 Å². The maximum atomic E-state index is 12.1. The molecule has 0 aliphatic carbocycles. The van der Waals surface area contributed by atoms with Gasteiger partial charge in [0.2, 0.25) is 5.91 Å². The molecule has 0 aliphatic rings. The van der Waals surface area contributed by atoms with Crippen molar-refractivity contribution >= 4 is 24.6 Å². The summed E-state index contributed by atoms with van der Waals surface area (Å²) in [5.41, 5.74) is 7.07. The Kier molecular flexibility index (Phi) is 8.66. The van der Waals surface area contributed by atoms with E-state index in [1.165, 1.54) is 4.68 Å². The molecule has 0 bridgehead atoms. The number of tetrazole rings is 1. The van der Waals surface area contributed by atoms with Crippen LogP contribution in [0.3, 0.4) is 0 Å². The van der Waals surface area contributed by atoms with Crippen molar-refractivity contribution in [1.82, 2.24) is 25.5 Å². The molecule has 2 rings (SSSR count). The van der Waals surface area contributed by atoms with Crippen LogP contribution < -0.4 is 11.1 Å². The van der Waals surface area contributed by atoms with Crippen molar-refractivity contribution in [3.63, 3.8) is 0 Å². The summed E-state index contributed by atoms with van der Waals surface area (Å²) in [5.74, 6) is 0.237. The van der Waals surface area contributed by atoms with Gasteiger partial charge in [0.25, 0.3) is 0 Å². The van der Waals surface area contributed by atoms with Crippen LogP contribution in [0, 0.1) is 0 Å². The van der Waals surface area contributed by atoms with Gasteiger partial charge in [0.05, 0.1) is 6.04 Å². The van der Waals surface area contributed by atoms with Crippen LogP contribution >= 0.6 is 11.6 Å². The molecule has 9 nitrogen and oxygen atoms in total. The molecule has 11 heteroatoms. The van der Waals surface area contributed by atoms with Gasteiger partial charge in [-0.15, -0.1) is 5.10 Å². The Balaban J connectivity index is 1.77. The van der Waals surface area contributed by atoms with Crippen molar-refractivity contribution < 1.29 is 14.8 Å². The molecule has 1 atom stereocenters. The molecule has 0 aliphatic heterocycles. The largest absolute Gasteiger partial charge is 0.451 e. The third kappa shape index (κ3) is 7.63. The average molecular weight is 395 g/mol. The van der Waals surface area contributed by atoms with Crippen LogP contribution in [0.15, 0.2) is 24.3 Å². The first-order chi connectivity index (χ1) is 13.0. The summed E-state index contributed by atoms with van der Waals surface area (Å²) in [7, 11) is -1.27. The van der Waals surface area contributed by atoms with E-state index in [0.29, 0.717) is 36.6 Å². The first-order valence-electron chi connectivity index (χ1n) is 8.84. The molecule has 1 aromatic carbocycles. The Labute approximate surface area is 163 Å². The number of nitrogens with zero attached hydrogens (tertiary/aromatic N) is 4. The van der Waals surface area contributed by atoms with Crippen molar-refractivity contribution in [2.45, 2.75) is 51.1 Å². The normalized spacial score (nSPS) is 12.0. The second-order valence-electron chi connectivity index (χ2n) is 6.32. The minimum atomic E-state index is -1.27. The van der Waals surface area contributed by atoms with Crippen molar-refractivity contribution in [2.75, 3.05) is 0 Å².